The Kier molecular flexibility index (Phi) is 3.59. The second-order valence-corrected chi connectivity index (χ2v) is 5.04. The number of carbonyl (C=O) groups is 2. The minimum atomic E-state index is -1.86. The fourth-order valence-corrected chi connectivity index (χ4v) is 2.47. The fourth-order valence-electron chi connectivity index (χ4n) is 1.42. The number of imide groups is 1. The van der Waals surface area contributed by atoms with E-state index in [4.69, 9.17) is 0 Å². The molecule has 0 aromatic heterocycles. The summed E-state index contributed by atoms with van der Waals surface area (Å²) in [4.78, 5) is 23.5. The summed E-state index contributed by atoms with van der Waals surface area (Å²) in [6.07, 6.45) is 0. The summed E-state index contributed by atoms with van der Waals surface area (Å²) in [7, 11) is 0. The van der Waals surface area contributed by atoms with Gasteiger partial charge in [-0.25, -0.2) is 22.5 Å². The summed E-state index contributed by atoms with van der Waals surface area (Å²) in [5.74, 6) is -9.68. The number of nitrogens with zero attached hydrogens (tertiary/aromatic N) is 1. The van der Waals surface area contributed by atoms with Gasteiger partial charge >= 0.3 is 0 Å². The van der Waals surface area contributed by atoms with E-state index in [2.05, 4.69) is 12.2 Å². The first kappa shape index (κ1) is 13.9. The summed E-state index contributed by atoms with van der Waals surface area (Å²) < 4.78 is 52.6. The van der Waals surface area contributed by atoms with E-state index in [1.54, 1.807) is 0 Å². The van der Waals surface area contributed by atoms with Gasteiger partial charge in [-0.05, 0) is 0 Å². The Hall–Kier alpha value is -1.48. The largest absolute Gasteiger partial charge is 0.273 e. The summed E-state index contributed by atoms with van der Waals surface area (Å²) in [5.41, 5.74) is -1.48. The van der Waals surface area contributed by atoms with Crippen molar-refractivity contribution in [2.75, 3.05) is 5.75 Å². The van der Waals surface area contributed by atoms with Gasteiger partial charge in [-0.3, -0.25) is 9.59 Å². The van der Waals surface area contributed by atoms with Crippen molar-refractivity contribution in [1.82, 2.24) is 4.90 Å². The van der Waals surface area contributed by atoms with Crippen molar-refractivity contribution >= 4 is 40.1 Å². The summed E-state index contributed by atoms with van der Waals surface area (Å²) in [6.45, 7) is 0. The summed E-state index contributed by atoms with van der Waals surface area (Å²) in [5, 5.41) is 0. The standard InChI is InChI=1S/C10H3F4NO2S2/c11-3-1-4(12)8(14)6(7(3)13)9(17)15-5(16)2-19-10(15)18/h1H,2H2. The normalized spacial score (nSPS) is 15.3. The number of thiocarbonyl (C=S) groups is 1. The number of benzene rings is 1. The predicted molar refractivity (Wildman–Crippen MR) is 62.5 cm³/mol. The maximum Gasteiger partial charge on any atom is 0.272 e. The van der Waals surface area contributed by atoms with Gasteiger partial charge in [0.15, 0.2) is 27.6 Å². The van der Waals surface area contributed by atoms with Crippen LogP contribution in [0, 0.1) is 23.3 Å². The lowest BCUT2D eigenvalue weighted by Crippen LogP contribution is -2.36. The van der Waals surface area contributed by atoms with Crippen LogP contribution < -0.4 is 0 Å². The molecule has 0 atom stereocenters. The molecule has 0 bridgehead atoms. The zero-order valence-corrected chi connectivity index (χ0v) is 10.5. The van der Waals surface area contributed by atoms with Crippen LogP contribution in [-0.4, -0.2) is 26.8 Å². The highest BCUT2D eigenvalue weighted by Crippen LogP contribution is 2.26. The summed E-state index contributed by atoms with van der Waals surface area (Å²) >= 11 is 5.47. The van der Waals surface area contributed by atoms with Gasteiger partial charge in [0, 0.05) is 6.07 Å². The van der Waals surface area contributed by atoms with Gasteiger partial charge < -0.3 is 0 Å². The lowest BCUT2D eigenvalue weighted by atomic mass is 10.1. The van der Waals surface area contributed by atoms with E-state index in [1.807, 2.05) is 0 Å². The maximum atomic E-state index is 13.4. The van der Waals surface area contributed by atoms with E-state index < -0.39 is 40.6 Å². The molecular weight excluding hydrogens is 306 g/mol. The van der Waals surface area contributed by atoms with E-state index in [0.717, 1.165) is 11.8 Å². The zero-order chi connectivity index (χ0) is 14.3. The van der Waals surface area contributed by atoms with Gasteiger partial charge in [0.05, 0.1) is 5.75 Å². The Balaban J connectivity index is 2.56. The highest BCUT2D eigenvalue weighted by atomic mass is 32.2. The molecule has 0 aliphatic carbocycles. The van der Waals surface area contributed by atoms with Crippen LogP contribution in [0.2, 0.25) is 0 Å². The molecule has 0 saturated carbocycles. The number of thioether (sulfide) groups is 1. The monoisotopic (exact) mass is 309 g/mol. The van der Waals surface area contributed by atoms with E-state index in [1.165, 1.54) is 0 Å². The summed E-state index contributed by atoms with van der Waals surface area (Å²) in [6, 6.07) is -0.0275. The molecule has 1 saturated heterocycles. The molecule has 0 spiro atoms. The van der Waals surface area contributed by atoms with Crippen LogP contribution in [0.15, 0.2) is 6.07 Å². The molecule has 0 unspecified atom stereocenters. The molecule has 2 rings (SSSR count). The second-order valence-electron chi connectivity index (χ2n) is 3.43. The van der Waals surface area contributed by atoms with Crippen molar-refractivity contribution in [1.29, 1.82) is 0 Å². The van der Waals surface area contributed by atoms with Crippen LogP contribution in [-0.2, 0) is 4.79 Å². The molecule has 100 valence electrons. The van der Waals surface area contributed by atoms with E-state index in [0.29, 0.717) is 4.90 Å². The molecule has 1 aliphatic heterocycles. The highest BCUT2D eigenvalue weighted by molar-refractivity contribution is 8.24. The molecular formula is C10H3F4NO2S2. The molecule has 0 radical (unpaired) electrons. The third-order valence-corrected chi connectivity index (χ3v) is 3.64. The number of hydrogen-bond acceptors (Lipinski definition) is 4. The van der Waals surface area contributed by atoms with Crippen molar-refractivity contribution < 1.29 is 27.2 Å². The Labute approximate surface area is 113 Å². The Bertz CT molecular complexity index is 578. The number of carbonyl (C=O) groups excluding carboxylic acids is 2. The van der Waals surface area contributed by atoms with Crippen molar-refractivity contribution in [3.63, 3.8) is 0 Å². The van der Waals surface area contributed by atoms with Gasteiger partial charge in [-0.15, -0.1) is 0 Å². The molecule has 1 aromatic carbocycles. The molecule has 9 heteroatoms. The molecule has 2 amide bonds. The SMILES string of the molecule is O=C1CSC(=S)N1C(=O)c1c(F)c(F)cc(F)c1F. The van der Waals surface area contributed by atoms with Crippen LogP contribution in [0.3, 0.4) is 0 Å². The highest BCUT2D eigenvalue weighted by Gasteiger charge is 2.37. The van der Waals surface area contributed by atoms with E-state index in [-0.39, 0.29) is 16.1 Å². The fraction of sp³-hybridized carbons (Fsp3) is 0.100. The molecule has 1 aliphatic rings. The van der Waals surface area contributed by atoms with E-state index in [9.17, 15) is 27.2 Å². The van der Waals surface area contributed by atoms with E-state index >= 15 is 0 Å². The number of hydrogen-bond donors (Lipinski definition) is 0. The van der Waals surface area contributed by atoms with Crippen molar-refractivity contribution in [3.05, 3.63) is 34.9 Å². The number of halogens is 4. The lowest BCUT2D eigenvalue weighted by molar-refractivity contribution is -0.122. The maximum absolute atomic E-state index is 13.4. The van der Waals surface area contributed by atoms with Gasteiger partial charge in [-0.2, -0.15) is 0 Å². The average molecular weight is 309 g/mol. The Morgan fingerprint density at radius 3 is 2.16 bits per heavy atom. The molecule has 3 nitrogen and oxygen atoms in total. The first-order valence-corrected chi connectivity index (χ1v) is 6.11. The van der Waals surface area contributed by atoms with Gasteiger partial charge in [0.2, 0.25) is 5.91 Å². The molecule has 0 N–H and O–H groups in total. The van der Waals surface area contributed by atoms with Gasteiger partial charge in [-0.1, -0.05) is 24.0 Å². The quantitative estimate of drug-likeness (QED) is 0.345. The van der Waals surface area contributed by atoms with Gasteiger partial charge in [0.1, 0.15) is 5.56 Å². The minimum Gasteiger partial charge on any atom is -0.273 e. The first-order valence-electron chi connectivity index (χ1n) is 4.71. The van der Waals surface area contributed by atoms with Crippen LogP contribution in [0.25, 0.3) is 0 Å². The Morgan fingerprint density at radius 2 is 1.74 bits per heavy atom. The number of amides is 2. The molecule has 1 fully saturated rings. The smallest absolute Gasteiger partial charge is 0.272 e. The number of rotatable bonds is 1. The lowest BCUT2D eigenvalue weighted by Gasteiger charge is -2.14. The van der Waals surface area contributed by atoms with Crippen molar-refractivity contribution in [2.45, 2.75) is 0 Å². The van der Waals surface area contributed by atoms with Crippen LogP contribution in [0.5, 0.6) is 0 Å². The Morgan fingerprint density at radius 1 is 1.21 bits per heavy atom. The zero-order valence-electron chi connectivity index (χ0n) is 8.88. The van der Waals surface area contributed by atoms with Crippen LogP contribution in [0.4, 0.5) is 17.6 Å². The average Bonchev–Trinajstić information content (AvgIpc) is 2.66. The van der Waals surface area contributed by atoms with Crippen molar-refractivity contribution in [2.24, 2.45) is 0 Å². The predicted octanol–water partition coefficient (Wildman–Crippen LogP) is 2.24. The molecule has 1 aromatic rings. The minimum absolute atomic E-state index is 0.0275. The topological polar surface area (TPSA) is 37.4 Å². The molecule has 1 heterocycles. The van der Waals surface area contributed by atoms with Gasteiger partial charge in [0.25, 0.3) is 5.91 Å². The third kappa shape index (κ3) is 2.23. The first-order chi connectivity index (χ1) is 8.84. The van der Waals surface area contributed by atoms with Crippen LogP contribution in [0.1, 0.15) is 10.4 Å². The third-order valence-electron chi connectivity index (χ3n) is 2.28. The van der Waals surface area contributed by atoms with Crippen molar-refractivity contribution in [3.8, 4) is 0 Å². The van der Waals surface area contributed by atoms with Crippen LogP contribution >= 0.6 is 24.0 Å². The molecule has 19 heavy (non-hydrogen) atoms. The second kappa shape index (κ2) is 4.89.